The highest BCUT2D eigenvalue weighted by atomic mass is 16.2. The minimum absolute atomic E-state index is 0.272. The van der Waals surface area contributed by atoms with Crippen LogP contribution in [0.1, 0.15) is 46.0 Å². The van der Waals surface area contributed by atoms with E-state index in [0.717, 1.165) is 19.4 Å². The quantitative estimate of drug-likeness (QED) is 0.749. The monoisotopic (exact) mass is 224 g/mol. The smallest absolute Gasteiger partial charge is 0.223 e. The second-order valence-electron chi connectivity index (χ2n) is 5.51. The van der Waals surface area contributed by atoms with Gasteiger partial charge in [0.25, 0.3) is 0 Å². The summed E-state index contributed by atoms with van der Waals surface area (Å²) >= 11 is 0. The molecule has 1 aliphatic heterocycles. The molecule has 92 valence electrons. The van der Waals surface area contributed by atoms with Crippen molar-refractivity contribution >= 4 is 5.91 Å². The maximum atomic E-state index is 12.1. The van der Waals surface area contributed by atoms with Crippen LogP contribution >= 0.6 is 0 Å². The predicted molar refractivity (Wildman–Crippen MR) is 65.1 cm³/mol. The lowest BCUT2D eigenvalue weighted by Gasteiger charge is -2.32. The Kier molecular flexibility index (Phi) is 3.85. The molecule has 0 aromatic carbocycles. The molecule has 1 aliphatic carbocycles. The van der Waals surface area contributed by atoms with Gasteiger partial charge in [0.2, 0.25) is 5.91 Å². The molecular formula is C13H24N2O. The van der Waals surface area contributed by atoms with Crippen molar-refractivity contribution in [3.8, 4) is 0 Å². The first-order chi connectivity index (χ1) is 7.68. The van der Waals surface area contributed by atoms with Gasteiger partial charge in [0.1, 0.15) is 0 Å². The van der Waals surface area contributed by atoms with Gasteiger partial charge in [0.15, 0.2) is 0 Å². The van der Waals surface area contributed by atoms with E-state index in [9.17, 15) is 4.79 Å². The van der Waals surface area contributed by atoms with Gasteiger partial charge in [-0.2, -0.15) is 0 Å². The zero-order valence-corrected chi connectivity index (χ0v) is 10.5. The zero-order chi connectivity index (χ0) is 11.5. The molecule has 3 nitrogen and oxygen atoms in total. The SMILES string of the molecule is CC1CCCC1C(=O)NC1CCCNC1C. The molecule has 0 aromatic heterocycles. The van der Waals surface area contributed by atoms with Gasteiger partial charge in [-0.25, -0.2) is 0 Å². The van der Waals surface area contributed by atoms with Crippen molar-refractivity contribution < 1.29 is 4.79 Å². The van der Waals surface area contributed by atoms with E-state index in [1.165, 1.54) is 19.3 Å². The highest BCUT2D eigenvalue weighted by Gasteiger charge is 2.32. The van der Waals surface area contributed by atoms with Gasteiger partial charge in [-0.1, -0.05) is 13.3 Å². The van der Waals surface area contributed by atoms with E-state index in [2.05, 4.69) is 24.5 Å². The number of carbonyl (C=O) groups is 1. The van der Waals surface area contributed by atoms with Crippen molar-refractivity contribution in [2.45, 2.75) is 58.0 Å². The summed E-state index contributed by atoms with van der Waals surface area (Å²) in [7, 11) is 0. The lowest BCUT2D eigenvalue weighted by Crippen LogP contribution is -2.53. The third-order valence-corrected chi connectivity index (χ3v) is 4.29. The molecule has 16 heavy (non-hydrogen) atoms. The Morgan fingerprint density at radius 2 is 2.00 bits per heavy atom. The predicted octanol–water partition coefficient (Wildman–Crippen LogP) is 1.68. The second kappa shape index (κ2) is 5.17. The Labute approximate surface area is 98.4 Å². The molecule has 2 fully saturated rings. The third kappa shape index (κ3) is 2.57. The van der Waals surface area contributed by atoms with Crippen LogP contribution in [0.4, 0.5) is 0 Å². The number of nitrogens with one attached hydrogen (secondary N) is 2. The summed E-state index contributed by atoms with van der Waals surface area (Å²) in [6, 6.07) is 0.767. The van der Waals surface area contributed by atoms with Crippen molar-refractivity contribution in [3.63, 3.8) is 0 Å². The Morgan fingerprint density at radius 1 is 1.19 bits per heavy atom. The summed E-state index contributed by atoms with van der Waals surface area (Å²) in [5.74, 6) is 1.14. The van der Waals surface area contributed by atoms with Crippen molar-refractivity contribution in [1.29, 1.82) is 0 Å². The molecule has 3 heteroatoms. The van der Waals surface area contributed by atoms with Crippen LogP contribution < -0.4 is 10.6 Å². The summed E-state index contributed by atoms with van der Waals surface area (Å²) in [6.07, 6.45) is 5.83. The van der Waals surface area contributed by atoms with Gasteiger partial charge in [-0.05, 0) is 45.1 Å². The molecule has 1 saturated carbocycles. The summed E-state index contributed by atoms with van der Waals surface area (Å²) in [5, 5.41) is 6.66. The number of carbonyl (C=O) groups excluding carboxylic acids is 1. The van der Waals surface area contributed by atoms with Crippen LogP contribution in [-0.4, -0.2) is 24.5 Å². The molecule has 0 spiro atoms. The average Bonchev–Trinajstić information content (AvgIpc) is 2.68. The van der Waals surface area contributed by atoms with Crippen LogP contribution in [-0.2, 0) is 4.79 Å². The van der Waals surface area contributed by atoms with E-state index in [0.29, 0.717) is 23.9 Å². The van der Waals surface area contributed by atoms with E-state index in [-0.39, 0.29) is 5.92 Å². The van der Waals surface area contributed by atoms with Gasteiger partial charge in [0.05, 0.1) is 0 Å². The molecule has 1 amide bonds. The first kappa shape index (κ1) is 11.9. The summed E-state index contributed by atoms with van der Waals surface area (Å²) in [5.41, 5.74) is 0. The number of piperidine rings is 1. The Balaban J connectivity index is 1.86. The molecule has 4 unspecified atom stereocenters. The van der Waals surface area contributed by atoms with Crippen LogP contribution in [0.15, 0.2) is 0 Å². The standard InChI is InChI=1S/C13H24N2O/c1-9-5-3-6-11(9)13(16)15-12-7-4-8-14-10(12)2/h9-12,14H,3-8H2,1-2H3,(H,15,16). The molecule has 0 bridgehead atoms. The molecule has 4 atom stereocenters. The Bertz CT molecular complexity index is 254. The van der Waals surface area contributed by atoms with E-state index in [4.69, 9.17) is 0 Å². The van der Waals surface area contributed by atoms with Gasteiger partial charge >= 0.3 is 0 Å². The number of hydrogen-bond donors (Lipinski definition) is 2. The minimum atomic E-state index is 0.272. The fourth-order valence-corrected chi connectivity index (χ4v) is 3.07. The van der Waals surface area contributed by atoms with Gasteiger partial charge in [-0.15, -0.1) is 0 Å². The normalized spacial score (nSPS) is 39.6. The van der Waals surface area contributed by atoms with Crippen LogP contribution in [0.25, 0.3) is 0 Å². The topological polar surface area (TPSA) is 41.1 Å². The van der Waals surface area contributed by atoms with E-state index in [1.54, 1.807) is 0 Å². The third-order valence-electron chi connectivity index (χ3n) is 4.29. The van der Waals surface area contributed by atoms with Crippen molar-refractivity contribution in [2.24, 2.45) is 11.8 Å². The molecule has 0 radical (unpaired) electrons. The largest absolute Gasteiger partial charge is 0.352 e. The first-order valence-corrected chi connectivity index (χ1v) is 6.72. The fraction of sp³-hybridized carbons (Fsp3) is 0.923. The molecule has 2 N–H and O–H groups in total. The molecular weight excluding hydrogens is 200 g/mol. The van der Waals surface area contributed by atoms with E-state index >= 15 is 0 Å². The lowest BCUT2D eigenvalue weighted by molar-refractivity contribution is -0.127. The highest BCUT2D eigenvalue weighted by Crippen LogP contribution is 2.31. The van der Waals surface area contributed by atoms with Crippen molar-refractivity contribution in [2.75, 3.05) is 6.54 Å². The van der Waals surface area contributed by atoms with Crippen molar-refractivity contribution in [3.05, 3.63) is 0 Å². The zero-order valence-electron chi connectivity index (χ0n) is 10.5. The maximum Gasteiger partial charge on any atom is 0.223 e. The second-order valence-corrected chi connectivity index (χ2v) is 5.51. The van der Waals surface area contributed by atoms with Gasteiger partial charge in [0, 0.05) is 18.0 Å². The molecule has 0 aromatic rings. The van der Waals surface area contributed by atoms with E-state index < -0.39 is 0 Å². The fourth-order valence-electron chi connectivity index (χ4n) is 3.07. The van der Waals surface area contributed by atoms with Crippen LogP contribution in [0.5, 0.6) is 0 Å². The average molecular weight is 224 g/mol. The first-order valence-electron chi connectivity index (χ1n) is 6.72. The van der Waals surface area contributed by atoms with Crippen LogP contribution in [0.2, 0.25) is 0 Å². The van der Waals surface area contributed by atoms with Crippen LogP contribution in [0, 0.1) is 11.8 Å². The van der Waals surface area contributed by atoms with E-state index in [1.807, 2.05) is 0 Å². The van der Waals surface area contributed by atoms with Gasteiger partial charge < -0.3 is 10.6 Å². The molecule has 2 aliphatic rings. The maximum absolute atomic E-state index is 12.1. The Hall–Kier alpha value is -0.570. The Morgan fingerprint density at radius 3 is 2.62 bits per heavy atom. The number of rotatable bonds is 2. The summed E-state index contributed by atoms with van der Waals surface area (Å²) in [6.45, 7) is 5.47. The highest BCUT2D eigenvalue weighted by molar-refractivity contribution is 5.79. The van der Waals surface area contributed by atoms with Gasteiger partial charge in [-0.3, -0.25) is 4.79 Å². The number of hydrogen-bond acceptors (Lipinski definition) is 2. The lowest BCUT2D eigenvalue weighted by atomic mass is 9.94. The van der Waals surface area contributed by atoms with Crippen LogP contribution in [0.3, 0.4) is 0 Å². The molecule has 2 rings (SSSR count). The summed E-state index contributed by atoms with van der Waals surface area (Å²) < 4.78 is 0. The molecule has 1 saturated heterocycles. The summed E-state index contributed by atoms with van der Waals surface area (Å²) in [4.78, 5) is 12.1. The number of amides is 1. The molecule has 1 heterocycles. The minimum Gasteiger partial charge on any atom is -0.352 e. The van der Waals surface area contributed by atoms with Crippen molar-refractivity contribution in [1.82, 2.24) is 10.6 Å².